The fourth-order valence-corrected chi connectivity index (χ4v) is 9.25. The van der Waals surface area contributed by atoms with E-state index in [1.165, 1.54) is 172 Å². The number of nitrogens with one attached hydrogen (secondary N) is 1. The van der Waals surface area contributed by atoms with Crippen molar-refractivity contribution in [3.63, 3.8) is 0 Å². The van der Waals surface area contributed by atoms with Crippen molar-refractivity contribution in [3.05, 3.63) is 6.20 Å². The highest BCUT2D eigenvalue weighted by Gasteiger charge is 2.44. The number of aliphatic hydroxyl groups is 4. The maximum absolute atomic E-state index is 13.0. The van der Waals surface area contributed by atoms with Gasteiger partial charge in [-0.05, 0) is 12.8 Å². The van der Waals surface area contributed by atoms with Gasteiger partial charge in [-0.25, -0.2) is 4.68 Å². The number of aromatic nitrogens is 3. The zero-order valence-electron chi connectivity index (χ0n) is 41.1. The van der Waals surface area contributed by atoms with E-state index in [0.29, 0.717) is 6.42 Å². The first-order chi connectivity index (χ1) is 32.1. The third-order valence-corrected chi connectivity index (χ3v) is 13.7. The first-order valence-electron chi connectivity index (χ1n) is 26.3. The van der Waals surface area contributed by atoms with E-state index in [0.717, 1.165) is 43.2 Å². The number of carbonyl (C=O) groups is 3. The summed E-state index contributed by atoms with van der Waals surface area (Å²) in [5.41, 5.74) is 6.20. The van der Waals surface area contributed by atoms with E-state index in [9.17, 15) is 34.8 Å². The van der Waals surface area contributed by atoms with Gasteiger partial charge in [0.1, 0.15) is 37.1 Å². The molecule has 16 heteroatoms. The lowest BCUT2D eigenvalue weighted by atomic mass is 9.98. The van der Waals surface area contributed by atoms with Crippen LogP contribution in [0.1, 0.15) is 226 Å². The van der Waals surface area contributed by atoms with E-state index in [1.54, 1.807) is 0 Å². The SMILES string of the molecule is CCCCCCCCCCCCCCCCCC(=O)OC[C@H](CSC[C@@H](N)C(=O)Nc1cn(C2OC(CO)C(O)C(O)C2O)nn1)OC(=O)CCCCCCCCCCCCCCCCC. The molecule has 1 aromatic heterocycles. The second kappa shape index (κ2) is 39.5. The van der Waals surface area contributed by atoms with Gasteiger partial charge in [0.05, 0.1) is 18.8 Å². The summed E-state index contributed by atoms with van der Waals surface area (Å²) in [5.74, 6) is -0.786. The van der Waals surface area contributed by atoms with Crippen LogP contribution in [0.5, 0.6) is 0 Å². The van der Waals surface area contributed by atoms with Crippen molar-refractivity contribution in [3.8, 4) is 0 Å². The van der Waals surface area contributed by atoms with Gasteiger partial charge in [0, 0.05) is 24.3 Å². The maximum Gasteiger partial charge on any atom is 0.306 e. The Bertz CT molecular complexity index is 1360. The highest BCUT2D eigenvalue weighted by Crippen LogP contribution is 2.28. The Hall–Kier alpha value is -2.34. The Kier molecular flexibility index (Phi) is 35.8. The number of ether oxygens (including phenoxy) is 3. The van der Waals surface area contributed by atoms with Crippen molar-refractivity contribution in [2.24, 2.45) is 5.73 Å². The topological polar surface area (TPSA) is 229 Å². The Labute approximate surface area is 402 Å². The van der Waals surface area contributed by atoms with Crippen molar-refractivity contribution < 1.29 is 49.0 Å². The van der Waals surface area contributed by atoms with E-state index < -0.39 is 55.3 Å². The fraction of sp³-hybridized carbons (Fsp3) is 0.900. The van der Waals surface area contributed by atoms with Crippen LogP contribution in [0.4, 0.5) is 5.82 Å². The predicted molar refractivity (Wildman–Crippen MR) is 263 cm³/mol. The molecule has 7 atom stereocenters. The fourth-order valence-electron chi connectivity index (χ4n) is 8.28. The minimum absolute atomic E-state index is 0.00372. The number of rotatable bonds is 43. The first kappa shape index (κ1) is 59.8. The Morgan fingerprint density at radius 2 is 1.11 bits per heavy atom. The van der Waals surface area contributed by atoms with Crippen LogP contribution in [0.2, 0.25) is 0 Å². The summed E-state index contributed by atoms with van der Waals surface area (Å²) in [6.07, 6.45) is 31.3. The number of nitrogens with zero attached hydrogens (tertiary/aromatic N) is 3. The Morgan fingerprint density at radius 1 is 0.667 bits per heavy atom. The monoisotopic (exact) mass is 956 g/mol. The van der Waals surface area contributed by atoms with Crippen LogP contribution < -0.4 is 11.1 Å². The quantitative estimate of drug-likeness (QED) is 0.0265. The lowest BCUT2D eigenvalue weighted by Gasteiger charge is -2.39. The van der Waals surface area contributed by atoms with Gasteiger partial charge in [-0.1, -0.05) is 199 Å². The molecular formula is C50H93N5O10S. The number of hydrogen-bond donors (Lipinski definition) is 6. The first-order valence-corrected chi connectivity index (χ1v) is 27.5. The summed E-state index contributed by atoms with van der Waals surface area (Å²) in [6, 6.07) is -0.989. The number of esters is 2. The minimum atomic E-state index is -1.60. The Balaban J connectivity index is 1.72. The average molecular weight is 956 g/mol. The molecule has 2 rings (SSSR count). The molecule has 0 bridgehead atoms. The lowest BCUT2D eigenvalue weighted by molar-refractivity contribution is -0.254. The standard InChI is InChI=1S/C50H93N5O10S/c1-3-5-7-9-11-13-15-17-19-21-23-25-27-29-31-33-44(57)63-37-40(64-45(58)34-32-30-28-26-24-22-20-18-16-14-12-10-8-6-4-2)38-66-39-41(51)49(62)52-43-35-55(54-53-43)50-48(61)47(60)46(59)42(36-56)65-50/h35,40-42,46-48,50,56,59-61H,3-34,36-39,51H2,1-2H3,(H,52,62)/t40-,41-,42?,46?,47?,48?,50?/m1/s1. The summed E-state index contributed by atoms with van der Waals surface area (Å²) in [4.78, 5) is 38.6. The molecule has 1 saturated heterocycles. The second-order valence-corrected chi connectivity index (χ2v) is 19.7. The Morgan fingerprint density at radius 3 is 1.56 bits per heavy atom. The molecule has 66 heavy (non-hydrogen) atoms. The molecule has 5 unspecified atom stereocenters. The molecule has 1 amide bonds. The molecule has 1 fully saturated rings. The molecule has 384 valence electrons. The number of hydrogen-bond acceptors (Lipinski definition) is 14. The molecular weight excluding hydrogens is 863 g/mol. The van der Waals surface area contributed by atoms with Gasteiger partial charge in [-0.2, -0.15) is 11.8 Å². The van der Waals surface area contributed by atoms with E-state index in [4.69, 9.17) is 19.9 Å². The average Bonchev–Trinajstić information content (AvgIpc) is 3.77. The molecule has 1 aliphatic heterocycles. The molecule has 0 aromatic carbocycles. The number of nitrogens with two attached hydrogens (primary N) is 1. The molecule has 0 aliphatic carbocycles. The van der Waals surface area contributed by atoms with E-state index in [1.807, 2.05) is 0 Å². The number of anilines is 1. The van der Waals surface area contributed by atoms with Gasteiger partial charge >= 0.3 is 11.9 Å². The number of thioether (sulfide) groups is 1. The normalized spacial score (nSPS) is 19.4. The predicted octanol–water partition coefficient (Wildman–Crippen LogP) is 9.23. The highest BCUT2D eigenvalue weighted by molar-refractivity contribution is 7.99. The molecule has 2 heterocycles. The molecule has 0 saturated carbocycles. The number of carbonyl (C=O) groups excluding carboxylic acids is 3. The largest absolute Gasteiger partial charge is 0.462 e. The molecule has 0 radical (unpaired) electrons. The maximum atomic E-state index is 13.0. The van der Waals surface area contributed by atoms with Crippen molar-refractivity contribution in [2.45, 2.75) is 262 Å². The van der Waals surface area contributed by atoms with E-state index >= 15 is 0 Å². The van der Waals surface area contributed by atoms with Crippen molar-refractivity contribution >= 4 is 35.4 Å². The van der Waals surface area contributed by atoms with Crippen LogP contribution in [0, 0.1) is 0 Å². The summed E-state index contributed by atoms with van der Waals surface area (Å²) >= 11 is 1.30. The highest BCUT2D eigenvalue weighted by atomic mass is 32.2. The van der Waals surface area contributed by atoms with Gasteiger partial charge < -0.3 is 45.7 Å². The van der Waals surface area contributed by atoms with Crippen LogP contribution >= 0.6 is 11.8 Å². The van der Waals surface area contributed by atoms with Gasteiger partial charge in [0.25, 0.3) is 0 Å². The number of amides is 1. The molecule has 7 N–H and O–H groups in total. The molecule has 1 aliphatic rings. The molecule has 15 nitrogen and oxygen atoms in total. The van der Waals surface area contributed by atoms with Gasteiger partial charge in [-0.15, -0.1) is 5.10 Å². The van der Waals surface area contributed by atoms with E-state index in [2.05, 4.69) is 29.5 Å². The second-order valence-electron chi connectivity index (χ2n) is 18.6. The van der Waals surface area contributed by atoms with Gasteiger partial charge in [-0.3, -0.25) is 14.4 Å². The summed E-state index contributed by atoms with van der Waals surface area (Å²) < 4.78 is 18.0. The molecule has 0 spiro atoms. The van der Waals surface area contributed by atoms with Crippen molar-refractivity contribution in [2.75, 3.05) is 30.0 Å². The summed E-state index contributed by atoms with van der Waals surface area (Å²) in [5, 5.41) is 50.4. The zero-order valence-corrected chi connectivity index (χ0v) is 42.0. The third-order valence-electron chi connectivity index (χ3n) is 12.5. The van der Waals surface area contributed by atoms with Crippen LogP contribution in [0.3, 0.4) is 0 Å². The van der Waals surface area contributed by atoms with E-state index in [-0.39, 0.29) is 42.3 Å². The third kappa shape index (κ3) is 28.2. The smallest absolute Gasteiger partial charge is 0.306 e. The number of unbranched alkanes of at least 4 members (excludes halogenated alkanes) is 28. The van der Waals surface area contributed by atoms with Crippen LogP contribution in [-0.2, 0) is 28.6 Å². The zero-order chi connectivity index (χ0) is 48.0. The summed E-state index contributed by atoms with van der Waals surface area (Å²) in [7, 11) is 0. The van der Waals surface area contributed by atoms with Gasteiger partial charge in [0.15, 0.2) is 12.0 Å². The number of aliphatic hydroxyl groups excluding tert-OH is 4. The lowest BCUT2D eigenvalue weighted by Crippen LogP contribution is -2.56. The van der Waals surface area contributed by atoms with Crippen molar-refractivity contribution in [1.82, 2.24) is 15.0 Å². The van der Waals surface area contributed by atoms with Crippen LogP contribution in [0.15, 0.2) is 6.20 Å². The minimum Gasteiger partial charge on any atom is -0.462 e. The van der Waals surface area contributed by atoms with Crippen LogP contribution in [-0.4, -0.2) is 115 Å². The van der Waals surface area contributed by atoms with Crippen LogP contribution in [0.25, 0.3) is 0 Å². The van der Waals surface area contributed by atoms with Gasteiger partial charge in [0.2, 0.25) is 5.91 Å². The molecule has 1 aromatic rings. The summed E-state index contributed by atoms with van der Waals surface area (Å²) in [6.45, 7) is 3.84. The van der Waals surface area contributed by atoms with Crippen molar-refractivity contribution in [1.29, 1.82) is 0 Å².